The lowest BCUT2D eigenvalue weighted by molar-refractivity contribution is 0.940. The second-order valence-corrected chi connectivity index (χ2v) is 4.78. The largest absolute Gasteiger partial charge is 0.388 e. The van der Waals surface area contributed by atoms with E-state index in [1.54, 1.807) is 0 Å². The molecule has 0 spiro atoms. The molecular weight excluding hydrogens is 206 g/mol. The first-order chi connectivity index (χ1) is 8.28. The molecule has 0 saturated carbocycles. The molecule has 1 nitrogen and oxygen atoms in total. The fourth-order valence-corrected chi connectivity index (χ4v) is 2.68. The van der Waals surface area contributed by atoms with Crippen molar-refractivity contribution in [3.8, 4) is 11.1 Å². The molecular formula is C16H17N. The Labute approximate surface area is 102 Å². The quantitative estimate of drug-likeness (QED) is 0.775. The lowest BCUT2D eigenvalue weighted by atomic mass is 9.85. The fraction of sp³-hybridized carbons (Fsp3) is 0.250. The molecule has 0 radical (unpaired) electrons. The van der Waals surface area contributed by atoms with Gasteiger partial charge in [0.15, 0.2) is 0 Å². The molecule has 2 aromatic rings. The third-order valence-corrected chi connectivity index (χ3v) is 3.61. The number of fused-ring (bicyclic) bond motifs is 3. The molecule has 3 rings (SSSR count). The van der Waals surface area contributed by atoms with Gasteiger partial charge in [0.05, 0.1) is 0 Å². The molecule has 0 fully saturated rings. The van der Waals surface area contributed by atoms with E-state index < -0.39 is 0 Å². The minimum absolute atomic E-state index is 1.15. The summed E-state index contributed by atoms with van der Waals surface area (Å²) in [7, 11) is 1.97. The van der Waals surface area contributed by atoms with Crippen LogP contribution in [0.15, 0.2) is 36.4 Å². The van der Waals surface area contributed by atoms with Gasteiger partial charge in [-0.2, -0.15) is 0 Å². The summed E-state index contributed by atoms with van der Waals surface area (Å²) in [4.78, 5) is 0. The third kappa shape index (κ3) is 1.72. The second kappa shape index (κ2) is 3.92. The van der Waals surface area contributed by atoms with E-state index in [1.807, 2.05) is 7.05 Å². The molecule has 86 valence electrons. The van der Waals surface area contributed by atoms with Gasteiger partial charge in [0, 0.05) is 12.7 Å². The predicted octanol–water partition coefficient (Wildman–Crippen LogP) is 3.80. The van der Waals surface area contributed by atoms with E-state index in [-0.39, 0.29) is 0 Å². The first kappa shape index (κ1) is 10.4. The van der Waals surface area contributed by atoms with Crippen LogP contribution in [-0.4, -0.2) is 7.05 Å². The van der Waals surface area contributed by atoms with E-state index in [1.165, 1.54) is 33.5 Å². The van der Waals surface area contributed by atoms with E-state index in [9.17, 15) is 0 Å². The molecule has 0 unspecified atom stereocenters. The van der Waals surface area contributed by atoms with Gasteiger partial charge in [0.2, 0.25) is 0 Å². The molecule has 0 aromatic heterocycles. The van der Waals surface area contributed by atoms with Crippen molar-refractivity contribution in [2.24, 2.45) is 0 Å². The first-order valence-corrected chi connectivity index (χ1v) is 6.18. The van der Waals surface area contributed by atoms with Gasteiger partial charge in [0.1, 0.15) is 0 Å². The summed E-state index contributed by atoms with van der Waals surface area (Å²) in [5.74, 6) is 0. The number of rotatable bonds is 1. The number of hydrogen-bond donors (Lipinski definition) is 1. The van der Waals surface area contributed by atoms with Crippen LogP contribution in [0.3, 0.4) is 0 Å². The van der Waals surface area contributed by atoms with Crippen molar-refractivity contribution in [3.05, 3.63) is 53.1 Å². The molecule has 1 aliphatic rings. The van der Waals surface area contributed by atoms with Crippen molar-refractivity contribution in [3.63, 3.8) is 0 Å². The number of aryl methyl sites for hydroxylation is 3. The Hall–Kier alpha value is -1.76. The maximum atomic E-state index is 3.21. The topological polar surface area (TPSA) is 12.0 Å². The summed E-state index contributed by atoms with van der Waals surface area (Å²) in [6, 6.07) is 13.5. The summed E-state index contributed by atoms with van der Waals surface area (Å²) >= 11 is 0. The van der Waals surface area contributed by atoms with Crippen LogP contribution in [0.25, 0.3) is 11.1 Å². The molecule has 1 N–H and O–H groups in total. The Balaban J connectivity index is 2.16. The standard InChI is InChI=1S/C16H17N/c1-11-3-7-15-12(9-11)4-5-13-10-14(17-2)6-8-16(13)15/h3,6-10,17H,4-5H2,1-2H3. The Bertz CT molecular complexity index is 570. The van der Waals surface area contributed by atoms with E-state index in [2.05, 4.69) is 48.6 Å². The molecule has 0 bridgehead atoms. The fourth-order valence-electron chi connectivity index (χ4n) is 2.68. The lowest BCUT2D eigenvalue weighted by Gasteiger charge is -2.21. The Morgan fingerprint density at radius 1 is 0.882 bits per heavy atom. The summed E-state index contributed by atoms with van der Waals surface area (Å²) in [6.45, 7) is 2.17. The van der Waals surface area contributed by atoms with Gasteiger partial charge < -0.3 is 5.32 Å². The van der Waals surface area contributed by atoms with E-state index >= 15 is 0 Å². The zero-order valence-electron chi connectivity index (χ0n) is 10.4. The molecule has 17 heavy (non-hydrogen) atoms. The van der Waals surface area contributed by atoms with Gasteiger partial charge in [-0.3, -0.25) is 0 Å². The van der Waals surface area contributed by atoms with Crippen LogP contribution in [-0.2, 0) is 12.8 Å². The van der Waals surface area contributed by atoms with Crippen LogP contribution in [0.2, 0.25) is 0 Å². The van der Waals surface area contributed by atoms with Gasteiger partial charge in [-0.05, 0) is 54.2 Å². The van der Waals surface area contributed by atoms with Crippen molar-refractivity contribution < 1.29 is 0 Å². The summed E-state index contributed by atoms with van der Waals surface area (Å²) in [6.07, 6.45) is 2.32. The summed E-state index contributed by atoms with van der Waals surface area (Å²) in [5.41, 5.74) is 8.35. The maximum absolute atomic E-state index is 3.21. The van der Waals surface area contributed by atoms with Gasteiger partial charge in [0.25, 0.3) is 0 Å². The average Bonchev–Trinajstić information content (AvgIpc) is 2.37. The number of hydrogen-bond acceptors (Lipinski definition) is 1. The zero-order valence-corrected chi connectivity index (χ0v) is 10.4. The van der Waals surface area contributed by atoms with Crippen molar-refractivity contribution >= 4 is 5.69 Å². The van der Waals surface area contributed by atoms with Crippen molar-refractivity contribution in [2.45, 2.75) is 19.8 Å². The first-order valence-electron chi connectivity index (χ1n) is 6.18. The Morgan fingerprint density at radius 2 is 1.53 bits per heavy atom. The number of nitrogens with one attached hydrogen (secondary N) is 1. The highest BCUT2D eigenvalue weighted by molar-refractivity contribution is 5.75. The van der Waals surface area contributed by atoms with E-state index in [0.29, 0.717) is 0 Å². The van der Waals surface area contributed by atoms with Gasteiger partial charge in [-0.1, -0.05) is 29.8 Å². The molecule has 0 aliphatic heterocycles. The van der Waals surface area contributed by atoms with Gasteiger partial charge >= 0.3 is 0 Å². The Morgan fingerprint density at radius 3 is 2.24 bits per heavy atom. The summed E-state index contributed by atoms with van der Waals surface area (Å²) < 4.78 is 0. The van der Waals surface area contributed by atoms with Gasteiger partial charge in [-0.15, -0.1) is 0 Å². The van der Waals surface area contributed by atoms with Crippen molar-refractivity contribution in [1.82, 2.24) is 0 Å². The monoisotopic (exact) mass is 223 g/mol. The number of anilines is 1. The normalized spacial score (nSPS) is 12.8. The Kier molecular flexibility index (Phi) is 2.40. The molecule has 0 atom stereocenters. The van der Waals surface area contributed by atoms with Crippen LogP contribution in [0.1, 0.15) is 16.7 Å². The minimum Gasteiger partial charge on any atom is -0.388 e. The van der Waals surface area contributed by atoms with Crippen molar-refractivity contribution in [2.75, 3.05) is 12.4 Å². The smallest absolute Gasteiger partial charge is 0.0340 e. The summed E-state index contributed by atoms with van der Waals surface area (Å²) in [5, 5.41) is 3.21. The molecule has 1 heteroatoms. The average molecular weight is 223 g/mol. The van der Waals surface area contributed by atoms with E-state index in [4.69, 9.17) is 0 Å². The van der Waals surface area contributed by atoms with Crippen molar-refractivity contribution in [1.29, 1.82) is 0 Å². The van der Waals surface area contributed by atoms with Crippen LogP contribution >= 0.6 is 0 Å². The molecule has 1 aliphatic carbocycles. The van der Waals surface area contributed by atoms with Crippen LogP contribution in [0, 0.1) is 6.92 Å². The zero-order chi connectivity index (χ0) is 11.8. The maximum Gasteiger partial charge on any atom is 0.0340 e. The van der Waals surface area contributed by atoms with Crippen LogP contribution in [0.4, 0.5) is 5.69 Å². The minimum atomic E-state index is 1.15. The molecule has 0 saturated heterocycles. The molecule has 0 heterocycles. The van der Waals surface area contributed by atoms with E-state index in [0.717, 1.165) is 12.8 Å². The predicted molar refractivity (Wildman–Crippen MR) is 73.6 cm³/mol. The highest BCUT2D eigenvalue weighted by Gasteiger charge is 2.15. The van der Waals surface area contributed by atoms with Gasteiger partial charge in [-0.25, -0.2) is 0 Å². The number of benzene rings is 2. The second-order valence-electron chi connectivity index (χ2n) is 4.78. The van der Waals surface area contributed by atoms with Crippen LogP contribution < -0.4 is 5.32 Å². The highest BCUT2D eigenvalue weighted by atomic mass is 14.8. The molecule has 0 amide bonds. The molecule has 2 aromatic carbocycles. The lowest BCUT2D eigenvalue weighted by Crippen LogP contribution is -2.04. The van der Waals surface area contributed by atoms with Crippen LogP contribution in [0.5, 0.6) is 0 Å². The highest BCUT2D eigenvalue weighted by Crippen LogP contribution is 2.35. The third-order valence-electron chi connectivity index (χ3n) is 3.61. The SMILES string of the molecule is CNc1ccc2c(c1)CCc1cc(C)ccc1-2.